The Hall–Kier alpha value is -1.72. The van der Waals surface area contributed by atoms with Crippen molar-refractivity contribution in [2.75, 3.05) is 6.61 Å². The number of nitrogens with zero attached hydrogens (tertiary/aromatic N) is 1. The molecule has 98 valence electrons. The molecule has 0 aliphatic rings. The van der Waals surface area contributed by atoms with Crippen LogP contribution in [0.25, 0.3) is 10.9 Å². The Labute approximate surface area is 101 Å². The van der Waals surface area contributed by atoms with Crippen LogP contribution in [0.3, 0.4) is 0 Å². The highest BCUT2D eigenvalue weighted by atomic mass is 19.4. The van der Waals surface area contributed by atoms with Gasteiger partial charge < -0.3 is 9.30 Å². The molecule has 6 heteroatoms. The molecular formula is C12H11F4NO. The Kier molecular flexibility index (Phi) is 2.96. The lowest BCUT2D eigenvalue weighted by Crippen LogP contribution is -2.10. The summed E-state index contributed by atoms with van der Waals surface area (Å²) in [6.07, 6.45) is -4.51. The first-order chi connectivity index (χ1) is 8.36. The summed E-state index contributed by atoms with van der Waals surface area (Å²) >= 11 is 0. The zero-order chi connectivity index (χ0) is 13.5. The molecule has 1 aromatic heterocycles. The molecule has 0 atom stereocenters. The van der Waals surface area contributed by atoms with Crippen molar-refractivity contribution in [2.45, 2.75) is 13.1 Å². The van der Waals surface area contributed by atoms with Crippen LogP contribution in [0, 0.1) is 5.82 Å². The molecule has 2 rings (SSSR count). The molecule has 18 heavy (non-hydrogen) atoms. The van der Waals surface area contributed by atoms with Crippen molar-refractivity contribution in [1.29, 1.82) is 0 Å². The summed E-state index contributed by atoms with van der Waals surface area (Å²) in [5.41, 5.74) is -0.701. The molecule has 0 aliphatic carbocycles. The standard InChI is InChI=1S/C12H11F4NO/c1-3-18-9-5-4-8-7(11(9)13)6-10(17(8)2)12(14,15)16/h4-6H,3H2,1-2H3. The summed E-state index contributed by atoms with van der Waals surface area (Å²) < 4.78 is 57.9. The number of aryl methyl sites for hydroxylation is 1. The monoisotopic (exact) mass is 261 g/mol. The topological polar surface area (TPSA) is 14.2 Å². The Morgan fingerprint density at radius 2 is 1.94 bits per heavy atom. The first-order valence-electron chi connectivity index (χ1n) is 5.34. The van der Waals surface area contributed by atoms with Crippen molar-refractivity contribution in [3.8, 4) is 5.75 Å². The predicted octanol–water partition coefficient (Wildman–Crippen LogP) is 3.73. The number of fused-ring (bicyclic) bond motifs is 1. The van der Waals surface area contributed by atoms with Crippen molar-refractivity contribution in [2.24, 2.45) is 7.05 Å². The molecule has 0 unspecified atom stereocenters. The fraction of sp³-hybridized carbons (Fsp3) is 0.333. The van der Waals surface area contributed by atoms with E-state index in [0.717, 1.165) is 10.6 Å². The SMILES string of the molecule is CCOc1ccc2c(cc(C(F)(F)F)n2C)c1F. The fourth-order valence-electron chi connectivity index (χ4n) is 1.89. The van der Waals surface area contributed by atoms with E-state index in [2.05, 4.69) is 0 Å². The highest BCUT2D eigenvalue weighted by Gasteiger charge is 2.35. The number of hydrogen-bond donors (Lipinski definition) is 0. The van der Waals surface area contributed by atoms with E-state index in [1.807, 2.05) is 0 Å². The number of halogens is 4. The van der Waals surface area contributed by atoms with Gasteiger partial charge in [-0.15, -0.1) is 0 Å². The molecule has 1 aromatic carbocycles. The number of alkyl halides is 3. The third kappa shape index (κ3) is 1.91. The van der Waals surface area contributed by atoms with Gasteiger partial charge in [0.1, 0.15) is 5.69 Å². The van der Waals surface area contributed by atoms with Gasteiger partial charge in [0.2, 0.25) is 0 Å². The lowest BCUT2D eigenvalue weighted by atomic mass is 10.2. The molecular weight excluding hydrogens is 250 g/mol. The Balaban J connectivity index is 2.69. The maximum Gasteiger partial charge on any atom is 0.431 e. The van der Waals surface area contributed by atoms with Crippen LogP contribution in [-0.4, -0.2) is 11.2 Å². The van der Waals surface area contributed by atoms with Crippen LogP contribution in [0.15, 0.2) is 18.2 Å². The van der Waals surface area contributed by atoms with Gasteiger partial charge >= 0.3 is 6.18 Å². The van der Waals surface area contributed by atoms with Crippen LogP contribution >= 0.6 is 0 Å². The second-order valence-corrected chi connectivity index (χ2v) is 3.83. The third-order valence-corrected chi connectivity index (χ3v) is 2.72. The molecule has 0 bridgehead atoms. The first-order valence-corrected chi connectivity index (χ1v) is 5.34. The minimum Gasteiger partial charge on any atom is -0.491 e. The number of aromatic nitrogens is 1. The van der Waals surface area contributed by atoms with E-state index >= 15 is 0 Å². The van der Waals surface area contributed by atoms with Crippen LogP contribution in [0.2, 0.25) is 0 Å². The number of benzene rings is 1. The fourth-order valence-corrected chi connectivity index (χ4v) is 1.89. The van der Waals surface area contributed by atoms with E-state index in [1.54, 1.807) is 6.92 Å². The van der Waals surface area contributed by atoms with Gasteiger partial charge in [0.25, 0.3) is 0 Å². The van der Waals surface area contributed by atoms with Crippen molar-refractivity contribution in [3.05, 3.63) is 29.7 Å². The second-order valence-electron chi connectivity index (χ2n) is 3.83. The predicted molar refractivity (Wildman–Crippen MR) is 59.0 cm³/mol. The molecule has 0 N–H and O–H groups in total. The summed E-state index contributed by atoms with van der Waals surface area (Å²) in [5.74, 6) is -0.801. The normalized spacial score (nSPS) is 12.1. The maximum atomic E-state index is 13.9. The molecule has 0 spiro atoms. The number of hydrogen-bond acceptors (Lipinski definition) is 1. The van der Waals surface area contributed by atoms with Crippen LogP contribution in [0.5, 0.6) is 5.75 Å². The molecule has 1 heterocycles. The molecule has 0 aliphatic heterocycles. The molecule has 0 saturated heterocycles. The van der Waals surface area contributed by atoms with Crippen LogP contribution in [-0.2, 0) is 13.2 Å². The van der Waals surface area contributed by atoms with Crippen LogP contribution in [0.1, 0.15) is 12.6 Å². The van der Waals surface area contributed by atoms with Crippen molar-refractivity contribution < 1.29 is 22.3 Å². The third-order valence-electron chi connectivity index (χ3n) is 2.72. The Morgan fingerprint density at radius 3 is 2.50 bits per heavy atom. The zero-order valence-electron chi connectivity index (χ0n) is 9.81. The molecule has 2 aromatic rings. The summed E-state index contributed by atoms with van der Waals surface area (Å²) in [4.78, 5) is 0. The molecule has 0 radical (unpaired) electrons. The number of ether oxygens (including phenoxy) is 1. The summed E-state index contributed by atoms with van der Waals surface area (Å²) in [6.45, 7) is 1.93. The Bertz CT molecular complexity index is 586. The summed E-state index contributed by atoms with van der Waals surface area (Å²) in [6, 6.07) is 3.55. The van der Waals surface area contributed by atoms with E-state index in [9.17, 15) is 17.6 Å². The van der Waals surface area contributed by atoms with Crippen molar-refractivity contribution in [1.82, 2.24) is 4.57 Å². The van der Waals surface area contributed by atoms with Gasteiger partial charge in [-0.25, -0.2) is 4.39 Å². The Morgan fingerprint density at radius 1 is 1.28 bits per heavy atom. The van der Waals surface area contributed by atoms with Gasteiger partial charge in [0.15, 0.2) is 11.6 Å². The highest BCUT2D eigenvalue weighted by Crippen LogP contribution is 2.36. The largest absolute Gasteiger partial charge is 0.491 e. The maximum absolute atomic E-state index is 13.9. The highest BCUT2D eigenvalue weighted by molar-refractivity contribution is 5.83. The van der Waals surface area contributed by atoms with E-state index in [4.69, 9.17) is 4.74 Å². The van der Waals surface area contributed by atoms with Crippen LogP contribution < -0.4 is 4.74 Å². The van der Waals surface area contributed by atoms with E-state index < -0.39 is 17.7 Å². The van der Waals surface area contributed by atoms with Crippen molar-refractivity contribution in [3.63, 3.8) is 0 Å². The summed E-state index contributed by atoms with van der Waals surface area (Å²) in [5, 5.41) is -0.0872. The summed E-state index contributed by atoms with van der Waals surface area (Å²) in [7, 11) is 1.25. The molecule has 0 saturated carbocycles. The lowest BCUT2D eigenvalue weighted by Gasteiger charge is -2.08. The zero-order valence-corrected chi connectivity index (χ0v) is 9.81. The van der Waals surface area contributed by atoms with E-state index in [0.29, 0.717) is 0 Å². The minimum absolute atomic E-state index is 0.0377. The smallest absolute Gasteiger partial charge is 0.431 e. The average molecular weight is 261 g/mol. The van der Waals surface area contributed by atoms with Gasteiger partial charge in [-0.1, -0.05) is 0 Å². The van der Waals surface area contributed by atoms with Crippen molar-refractivity contribution >= 4 is 10.9 Å². The van der Waals surface area contributed by atoms with Gasteiger partial charge in [0.05, 0.1) is 12.1 Å². The quantitative estimate of drug-likeness (QED) is 0.751. The van der Waals surface area contributed by atoms with E-state index in [1.165, 1.54) is 19.2 Å². The molecule has 0 fully saturated rings. The second kappa shape index (κ2) is 4.19. The number of rotatable bonds is 2. The first kappa shape index (κ1) is 12.7. The molecule has 2 nitrogen and oxygen atoms in total. The van der Waals surface area contributed by atoms with Gasteiger partial charge in [-0.05, 0) is 25.1 Å². The molecule has 0 amide bonds. The van der Waals surface area contributed by atoms with E-state index in [-0.39, 0.29) is 23.3 Å². The lowest BCUT2D eigenvalue weighted by molar-refractivity contribution is -0.142. The van der Waals surface area contributed by atoms with Gasteiger partial charge in [-0.3, -0.25) is 0 Å². The van der Waals surface area contributed by atoms with Gasteiger partial charge in [0, 0.05) is 12.4 Å². The van der Waals surface area contributed by atoms with Gasteiger partial charge in [-0.2, -0.15) is 13.2 Å². The average Bonchev–Trinajstić information content (AvgIpc) is 2.61. The minimum atomic E-state index is -4.51. The van der Waals surface area contributed by atoms with Crippen LogP contribution in [0.4, 0.5) is 17.6 Å².